The number of hydrogen-bond donors (Lipinski definition) is 2. The zero-order valence-corrected chi connectivity index (χ0v) is 10.5. The number of anilines is 1. The molecule has 0 aliphatic rings. The van der Waals surface area contributed by atoms with E-state index in [4.69, 9.17) is 23.2 Å². The Hall–Kier alpha value is -0.650. The second-order valence-electron chi connectivity index (χ2n) is 3.36. The SMILES string of the molecule is CCCNNc1c(Cl)cc(C(F)(F)F)cc1Cl. The van der Waals surface area contributed by atoms with Gasteiger partial charge >= 0.3 is 6.18 Å². The van der Waals surface area contributed by atoms with Crippen LogP contribution in [-0.4, -0.2) is 6.54 Å². The van der Waals surface area contributed by atoms with E-state index < -0.39 is 11.7 Å². The van der Waals surface area contributed by atoms with Crippen molar-refractivity contribution < 1.29 is 13.2 Å². The van der Waals surface area contributed by atoms with Crippen molar-refractivity contribution in [3.63, 3.8) is 0 Å². The Morgan fingerprint density at radius 3 is 2.12 bits per heavy atom. The van der Waals surface area contributed by atoms with Gasteiger partial charge in [0.1, 0.15) is 0 Å². The highest BCUT2D eigenvalue weighted by atomic mass is 35.5. The highest BCUT2D eigenvalue weighted by Gasteiger charge is 2.31. The molecular weight excluding hydrogens is 276 g/mol. The van der Waals surface area contributed by atoms with Crippen LogP contribution in [0.2, 0.25) is 10.0 Å². The van der Waals surface area contributed by atoms with Gasteiger partial charge in [-0.05, 0) is 18.6 Å². The van der Waals surface area contributed by atoms with Gasteiger partial charge in [-0.3, -0.25) is 0 Å². The van der Waals surface area contributed by atoms with Crippen molar-refractivity contribution in [3.05, 3.63) is 27.7 Å². The Balaban J connectivity index is 2.95. The van der Waals surface area contributed by atoms with E-state index in [0.717, 1.165) is 18.6 Å². The molecule has 0 spiro atoms. The second kappa shape index (κ2) is 5.80. The molecule has 1 aromatic carbocycles. The molecule has 2 N–H and O–H groups in total. The van der Waals surface area contributed by atoms with Crippen molar-refractivity contribution in [1.82, 2.24) is 5.43 Å². The summed E-state index contributed by atoms with van der Waals surface area (Å²) in [6.07, 6.45) is -3.59. The number of hydrazine groups is 1. The van der Waals surface area contributed by atoms with Gasteiger partial charge < -0.3 is 5.43 Å². The van der Waals surface area contributed by atoms with E-state index in [9.17, 15) is 13.2 Å². The third-order valence-corrected chi connectivity index (χ3v) is 2.55. The van der Waals surface area contributed by atoms with Crippen LogP contribution in [0.4, 0.5) is 18.9 Å². The lowest BCUT2D eigenvalue weighted by atomic mass is 10.2. The minimum absolute atomic E-state index is 0.0755. The fourth-order valence-electron chi connectivity index (χ4n) is 1.13. The number of nitrogens with one attached hydrogen (secondary N) is 2. The molecule has 2 nitrogen and oxygen atoms in total. The van der Waals surface area contributed by atoms with E-state index >= 15 is 0 Å². The van der Waals surface area contributed by atoms with E-state index in [-0.39, 0.29) is 15.7 Å². The third-order valence-electron chi connectivity index (χ3n) is 1.96. The fraction of sp³-hybridized carbons (Fsp3) is 0.400. The Morgan fingerprint density at radius 1 is 1.18 bits per heavy atom. The first-order valence-electron chi connectivity index (χ1n) is 4.91. The van der Waals surface area contributed by atoms with Crippen molar-refractivity contribution in [2.75, 3.05) is 12.0 Å². The molecule has 1 rings (SSSR count). The molecule has 0 amide bonds. The van der Waals surface area contributed by atoms with Gasteiger partial charge in [-0.1, -0.05) is 30.1 Å². The van der Waals surface area contributed by atoms with Crippen molar-refractivity contribution in [2.24, 2.45) is 0 Å². The maximum Gasteiger partial charge on any atom is 0.416 e. The topological polar surface area (TPSA) is 24.1 Å². The van der Waals surface area contributed by atoms with Crippen molar-refractivity contribution in [1.29, 1.82) is 0 Å². The first-order valence-corrected chi connectivity index (χ1v) is 5.67. The zero-order chi connectivity index (χ0) is 13.1. The molecule has 0 aliphatic carbocycles. The molecule has 0 aliphatic heterocycles. The quantitative estimate of drug-likeness (QED) is 0.636. The maximum atomic E-state index is 12.4. The average molecular weight is 287 g/mol. The summed E-state index contributed by atoms with van der Waals surface area (Å²) in [6, 6.07) is 1.67. The Morgan fingerprint density at radius 2 is 1.71 bits per heavy atom. The smallest absolute Gasteiger partial charge is 0.319 e. The van der Waals surface area contributed by atoms with Gasteiger partial charge in [-0.15, -0.1) is 0 Å². The van der Waals surface area contributed by atoms with Crippen LogP contribution in [-0.2, 0) is 6.18 Å². The van der Waals surface area contributed by atoms with Gasteiger partial charge in [0, 0.05) is 6.54 Å². The summed E-state index contributed by atoms with van der Waals surface area (Å²) in [4.78, 5) is 0. The van der Waals surface area contributed by atoms with Crippen LogP contribution in [0, 0.1) is 0 Å². The minimum Gasteiger partial charge on any atom is -0.319 e. The Kier molecular flexibility index (Phi) is 4.91. The highest BCUT2D eigenvalue weighted by molar-refractivity contribution is 6.39. The molecule has 0 fully saturated rings. The van der Waals surface area contributed by atoms with E-state index in [2.05, 4.69) is 10.9 Å². The molecule has 0 bridgehead atoms. The molecule has 0 saturated heterocycles. The molecule has 0 unspecified atom stereocenters. The molecule has 96 valence electrons. The van der Waals surface area contributed by atoms with Crippen LogP contribution in [0.25, 0.3) is 0 Å². The van der Waals surface area contributed by atoms with Gasteiger partial charge in [-0.2, -0.15) is 13.2 Å². The third kappa shape index (κ3) is 3.94. The highest BCUT2D eigenvalue weighted by Crippen LogP contribution is 2.38. The molecule has 0 saturated carbocycles. The largest absolute Gasteiger partial charge is 0.416 e. The normalized spacial score (nSPS) is 11.6. The molecule has 0 radical (unpaired) electrons. The standard InChI is InChI=1S/C10H11Cl2F3N2/c1-2-3-16-17-9-7(11)4-6(5-8(9)12)10(13,14)15/h4-5,16-17H,2-3H2,1H3. The summed E-state index contributed by atoms with van der Waals surface area (Å²) in [7, 11) is 0. The monoisotopic (exact) mass is 286 g/mol. The molecule has 1 aromatic rings. The van der Waals surface area contributed by atoms with Gasteiger partial charge in [0.25, 0.3) is 0 Å². The van der Waals surface area contributed by atoms with Crippen molar-refractivity contribution >= 4 is 28.9 Å². The van der Waals surface area contributed by atoms with Crippen LogP contribution in [0.3, 0.4) is 0 Å². The molecule has 0 heterocycles. The van der Waals surface area contributed by atoms with Crippen LogP contribution < -0.4 is 10.9 Å². The summed E-state index contributed by atoms with van der Waals surface area (Å²) >= 11 is 11.5. The zero-order valence-electron chi connectivity index (χ0n) is 8.96. The molecule has 0 aromatic heterocycles. The number of hydrogen-bond acceptors (Lipinski definition) is 2. The van der Waals surface area contributed by atoms with Crippen molar-refractivity contribution in [3.8, 4) is 0 Å². The Labute approximate surface area is 107 Å². The predicted octanol–water partition coefficient (Wildman–Crippen LogP) is 4.34. The van der Waals surface area contributed by atoms with E-state index in [1.807, 2.05) is 6.92 Å². The second-order valence-corrected chi connectivity index (χ2v) is 4.18. The number of halogens is 5. The van der Waals surface area contributed by atoms with Gasteiger partial charge in [0.05, 0.1) is 21.3 Å². The van der Waals surface area contributed by atoms with Crippen LogP contribution in [0.15, 0.2) is 12.1 Å². The fourth-order valence-corrected chi connectivity index (χ4v) is 1.71. The molecule has 0 atom stereocenters. The van der Waals surface area contributed by atoms with Gasteiger partial charge in [0.15, 0.2) is 0 Å². The summed E-state index contributed by atoms with van der Waals surface area (Å²) in [6.45, 7) is 2.60. The van der Waals surface area contributed by atoms with E-state index in [0.29, 0.717) is 6.54 Å². The summed E-state index contributed by atoms with van der Waals surface area (Å²) in [5.41, 5.74) is 4.85. The van der Waals surface area contributed by atoms with Gasteiger partial charge in [0.2, 0.25) is 0 Å². The Bertz CT molecular complexity index is 371. The average Bonchev–Trinajstić information content (AvgIpc) is 2.20. The lowest BCUT2D eigenvalue weighted by molar-refractivity contribution is -0.137. The lowest BCUT2D eigenvalue weighted by Gasteiger charge is -2.14. The number of alkyl halides is 3. The summed E-state index contributed by atoms with van der Waals surface area (Å²) < 4.78 is 37.3. The first-order chi connectivity index (χ1) is 7.86. The maximum absolute atomic E-state index is 12.4. The number of rotatable bonds is 4. The minimum atomic E-state index is -4.46. The van der Waals surface area contributed by atoms with E-state index in [1.54, 1.807) is 0 Å². The van der Waals surface area contributed by atoms with Crippen LogP contribution in [0.1, 0.15) is 18.9 Å². The van der Waals surface area contributed by atoms with Crippen LogP contribution >= 0.6 is 23.2 Å². The van der Waals surface area contributed by atoms with Crippen molar-refractivity contribution in [2.45, 2.75) is 19.5 Å². The summed E-state index contributed by atoms with van der Waals surface area (Å²) in [5, 5.41) is -0.151. The van der Waals surface area contributed by atoms with E-state index in [1.165, 1.54) is 0 Å². The molecule has 7 heteroatoms. The summed E-state index contributed by atoms with van der Waals surface area (Å²) in [5.74, 6) is 0. The lowest BCUT2D eigenvalue weighted by Crippen LogP contribution is -2.22. The molecule has 17 heavy (non-hydrogen) atoms. The number of benzene rings is 1. The first kappa shape index (κ1) is 14.4. The molecular formula is C10H11Cl2F3N2. The van der Waals surface area contributed by atoms with Crippen LogP contribution in [0.5, 0.6) is 0 Å². The predicted molar refractivity (Wildman–Crippen MR) is 63.4 cm³/mol. The van der Waals surface area contributed by atoms with Gasteiger partial charge in [-0.25, -0.2) is 5.43 Å².